The fraction of sp³-hybridized carbons (Fsp3) is 0.429. The van der Waals surface area contributed by atoms with Gasteiger partial charge in [-0.1, -0.05) is 12.1 Å². The van der Waals surface area contributed by atoms with Crippen molar-refractivity contribution in [1.82, 2.24) is 5.32 Å². The number of anilines is 1. The van der Waals surface area contributed by atoms with E-state index in [4.69, 9.17) is 0 Å². The summed E-state index contributed by atoms with van der Waals surface area (Å²) in [6, 6.07) is 7.82. The van der Waals surface area contributed by atoms with Crippen molar-refractivity contribution in [2.24, 2.45) is 0 Å². The minimum absolute atomic E-state index is 0.00766. The Bertz CT molecular complexity index is 455. The maximum absolute atomic E-state index is 11.6. The Morgan fingerprint density at radius 2 is 1.89 bits per heavy atom. The minimum atomic E-state index is -0.00766. The van der Waals surface area contributed by atoms with Crippen molar-refractivity contribution < 1.29 is 9.59 Å². The lowest BCUT2D eigenvalue weighted by Gasteiger charge is -2.06. The molecule has 1 aromatic rings. The zero-order chi connectivity index (χ0) is 13.7. The Hall–Kier alpha value is -1.49. The van der Waals surface area contributed by atoms with Crippen LogP contribution in [-0.4, -0.2) is 29.9 Å². The molecule has 0 bridgehead atoms. The summed E-state index contributed by atoms with van der Waals surface area (Å²) in [5, 5.41) is 5.76. The SMILES string of the molecule is CSCC(=O)Nc1ccc(CC(=O)NC2CC2)cc1. The van der Waals surface area contributed by atoms with Crippen LogP contribution in [0.4, 0.5) is 5.69 Å². The van der Waals surface area contributed by atoms with Crippen molar-refractivity contribution in [3.05, 3.63) is 29.8 Å². The van der Waals surface area contributed by atoms with E-state index < -0.39 is 0 Å². The Labute approximate surface area is 117 Å². The Kier molecular flexibility index (Phi) is 4.85. The topological polar surface area (TPSA) is 58.2 Å². The lowest BCUT2D eigenvalue weighted by molar-refractivity contribution is -0.120. The highest BCUT2D eigenvalue weighted by atomic mass is 32.2. The van der Waals surface area contributed by atoms with Crippen LogP contribution in [0.1, 0.15) is 18.4 Å². The third-order valence-corrected chi connectivity index (χ3v) is 3.37. The van der Waals surface area contributed by atoms with E-state index in [0.717, 1.165) is 24.1 Å². The standard InChI is InChI=1S/C14H18N2O2S/c1-19-9-14(18)16-11-4-2-10(3-5-11)8-13(17)15-12-6-7-12/h2-5,12H,6-9H2,1H3,(H,15,17)(H,16,18). The Morgan fingerprint density at radius 1 is 1.21 bits per heavy atom. The molecule has 102 valence electrons. The first kappa shape index (κ1) is 13.9. The highest BCUT2D eigenvalue weighted by Crippen LogP contribution is 2.19. The first-order chi connectivity index (χ1) is 9.17. The summed E-state index contributed by atoms with van der Waals surface area (Å²) in [5.41, 5.74) is 1.73. The van der Waals surface area contributed by atoms with E-state index in [-0.39, 0.29) is 11.8 Å². The number of benzene rings is 1. The van der Waals surface area contributed by atoms with E-state index >= 15 is 0 Å². The summed E-state index contributed by atoms with van der Waals surface area (Å²) in [4.78, 5) is 23.0. The molecular formula is C14H18N2O2S. The Morgan fingerprint density at radius 3 is 2.47 bits per heavy atom. The van der Waals surface area contributed by atoms with Gasteiger partial charge in [0.05, 0.1) is 12.2 Å². The van der Waals surface area contributed by atoms with Gasteiger partial charge in [-0.2, -0.15) is 11.8 Å². The average molecular weight is 278 g/mol. The molecule has 1 aromatic carbocycles. The van der Waals surface area contributed by atoms with Gasteiger partial charge in [0.2, 0.25) is 11.8 Å². The van der Waals surface area contributed by atoms with E-state index in [9.17, 15) is 9.59 Å². The predicted octanol–water partition coefficient (Wildman–Crippen LogP) is 1.81. The third kappa shape index (κ3) is 4.95. The van der Waals surface area contributed by atoms with Crippen molar-refractivity contribution >= 4 is 29.3 Å². The van der Waals surface area contributed by atoms with Crippen LogP contribution in [0.2, 0.25) is 0 Å². The second-order valence-electron chi connectivity index (χ2n) is 4.70. The number of nitrogens with one attached hydrogen (secondary N) is 2. The summed E-state index contributed by atoms with van der Waals surface area (Å²) >= 11 is 1.49. The first-order valence-corrected chi connectivity index (χ1v) is 7.74. The second-order valence-corrected chi connectivity index (χ2v) is 5.56. The molecular weight excluding hydrogens is 260 g/mol. The summed E-state index contributed by atoms with van der Waals surface area (Å²) < 4.78 is 0. The van der Waals surface area contributed by atoms with Gasteiger partial charge in [0.1, 0.15) is 0 Å². The zero-order valence-electron chi connectivity index (χ0n) is 10.9. The van der Waals surface area contributed by atoms with E-state index in [2.05, 4.69) is 10.6 Å². The van der Waals surface area contributed by atoms with Crippen molar-refractivity contribution in [2.75, 3.05) is 17.3 Å². The highest BCUT2D eigenvalue weighted by Gasteiger charge is 2.22. The van der Waals surface area contributed by atoms with Crippen LogP contribution in [0.3, 0.4) is 0 Å². The average Bonchev–Trinajstić information content (AvgIpc) is 3.16. The van der Waals surface area contributed by atoms with Crippen molar-refractivity contribution in [3.8, 4) is 0 Å². The number of thioether (sulfide) groups is 1. The number of amides is 2. The molecule has 0 heterocycles. The van der Waals surface area contributed by atoms with Gasteiger partial charge >= 0.3 is 0 Å². The fourth-order valence-corrected chi connectivity index (χ4v) is 2.06. The number of rotatable bonds is 6. The maximum Gasteiger partial charge on any atom is 0.234 e. The van der Waals surface area contributed by atoms with Crippen LogP contribution in [0, 0.1) is 0 Å². The van der Waals surface area contributed by atoms with Gasteiger partial charge < -0.3 is 10.6 Å². The van der Waals surface area contributed by atoms with Crippen LogP contribution in [0.25, 0.3) is 0 Å². The van der Waals surface area contributed by atoms with Crippen molar-refractivity contribution in [3.63, 3.8) is 0 Å². The molecule has 1 fully saturated rings. The van der Waals surface area contributed by atoms with Crippen LogP contribution in [-0.2, 0) is 16.0 Å². The first-order valence-electron chi connectivity index (χ1n) is 6.34. The molecule has 2 amide bonds. The smallest absolute Gasteiger partial charge is 0.234 e. The van der Waals surface area contributed by atoms with E-state index in [1.807, 2.05) is 30.5 Å². The molecule has 2 rings (SSSR count). The van der Waals surface area contributed by atoms with Gasteiger partial charge in [0.25, 0.3) is 0 Å². The molecule has 0 atom stereocenters. The van der Waals surface area contributed by atoms with Gasteiger partial charge in [-0.05, 0) is 36.8 Å². The number of carbonyl (C=O) groups is 2. The molecule has 0 aliphatic heterocycles. The van der Waals surface area contributed by atoms with Crippen molar-refractivity contribution in [1.29, 1.82) is 0 Å². The molecule has 4 nitrogen and oxygen atoms in total. The molecule has 1 saturated carbocycles. The predicted molar refractivity (Wildman–Crippen MR) is 78.3 cm³/mol. The number of hydrogen-bond donors (Lipinski definition) is 2. The van der Waals surface area contributed by atoms with Crippen molar-refractivity contribution in [2.45, 2.75) is 25.3 Å². The molecule has 0 radical (unpaired) electrons. The molecule has 5 heteroatoms. The molecule has 1 aliphatic rings. The summed E-state index contributed by atoms with van der Waals surface area (Å²) in [6.45, 7) is 0. The third-order valence-electron chi connectivity index (χ3n) is 2.82. The van der Waals surface area contributed by atoms with Gasteiger partial charge in [-0.3, -0.25) is 9.59 Å². The fourth-order valence-electron chi connectivity index (χ4n) is 1.73. The molecule has 2 N–H and O–H groups in total. The second kappa shape index (κ2) is 6.61. The zero-order valence-corrected chi connectivity index (χ0v) is 11.8. The monoisotopic (exact) mass is 278 g/mol. The largest absolute Gasteiger partial charge is 0.353 e. The molecule has 0 saturated heterocycles. The van der Waals surface area contributed by atoms with Crippen LogP contribution < -0.4 is 10.6 Å². The van der Waals surface area contributed by atoms with Gasteiger partial charge in [0, 0.05) is 11.7 Å². The number of hydrogen-bond acceptors (Lipinski definition) is 3. The highest BCUT2D eigenvalue weighted by molar-refractivity contribution is 7.99. The lowest BCUT2D eigenvalue weighted by Crippen LogP contribution is -2.26. The quantitative estimate of drug-likeness (QED) is 0.834. The molecule has 1 aliphatic carbocycles. The van der Waals surface area contributed by atoms with E-state index in [1.165, 1.54) is 11.8 Å². The lowest BCUT2D eigenvalue weighted by atomic mass is 10.1. The van der Waals surface area contributed by atoms with Crippen LogP contribution in [0.15, 0.2) is 24.3 Å². The van der Waals surface area contributed by atoms with Gasteiger partial charge in [-0.15, -0.1) is 0 Å². The van der Waals surface area contributed by atoms with Gasteiger partial charge in [-0.25, -0.2) is 0 Å². The van der Waals surface area contributed by atoms with Gasteiger partial charge in [0.15, 0.2) is 0 Å². The van der Waals surface area contributed by atoms with E-state index in [0.29, 0.717) is 18.2 Å². The molecule has 19 heavy (non-hydrogen) atoms. The molecule has 0 aromatic heterocycles. The minimum Gasteiger partial charge on any atom is -0.353 e. The summed E-state index contributed by atoms with van der Waals surface area (Å²) in [5.74, 6) is 0.513. The number of carbonyl (C=O) groups excluding carboxylic acids is 2. The summed E-state index contributed by atoms with van der Waals surface area (Å²) in [7, 11) is 0. The van der Waals surface area contributed by atoms with E-state index in [1.54, 1.807) is 0 Å². The Balaban J connectivity index is 1.83. The molecule has 0 unspecified atom stereocenters. The maximum atomic E-state index is 11.6. The normalized spacial score (nSPS) is 13.9. The molecule has 0 spiro atoms. The summed E-state index contributed by atoms with van der Waals surface area (Å²) in [6.07, 6.45) is 4.50. The van der Waals surface area contributed by atoms with Crippen LogP contribution >= 0.6 is 11.8 Å². The van der Waals surface area contributed by atoms with Crippen LogP contribution in [0.5, 0.6) is 0 Å².